The predicted octanol–water partition coefficient (Wildman–Crippen LogP) is 2.45. The van der Waals surface area contributed by atoms with Crippen molar-refractivity contribution in [2.45, 2.75) is 19.4 Å². The van der Waals surface area contributed by atoms with E-state index in [2.05, 4.69) is 10.3 Å². The van der Waals surface area contributed by atoms with E-state index in [0.29, 0.717) is 21.9 Å². The lowest BCUT2D eigenvalue weighted by molar-refractivity contribution is 0.0938. The number of nitrogens with one attached hydrogen (secondary N) is 1. The van der Waals surface area contributed by atoms with E-state index in [0.717, 1.165) is 11.3 Å². The first-order chi connectivity index (χ1) is 9.61. The van der Waals surface area contributed by atoms with Gasteiger partial charge in [0.05, 0.1) is 6.20 Å². The van der Waals surface area contributed by atoms with E-state index in [1.54, 1.807) is 18.2 Å². The molecule has 0 saturated carbocycles. The van der Waals surface area contributed by atoms with Crippen molar-refractivity contribution in [3.05, 3.63) is 41.2 Å². The van der Waals surface area contributed by atoms with Crippen molar-refractivity contribution in [2.75, 3.05) is 6.61 Å². The molecule has 2 aromatic rings. The van der Waals surface area contributed by atoms with Crippen molar-refractivity contribution in [2.24, 2.45) is 0 Å². The average molecular weight is 294 g/mol. The number of carbonyl (C=O) groups excluding carboxylic acids is 1. The van der Waals surface area contributed by atoms with Gasteiger partial charge in [0, 0.05) is 18.2 Å². The molecule has 0 aliphatic heterocycles. The average Bonchev–Trinajstić information content (AvgIpc) is 2.89. The van der Waals surface area contributed by atoms with Crippen LogP contribution < -0.4 is 5.32 Å². The smallest absolute Gasteiger partial charge is 0.263 e. The number of benzene rings is 1. The first-order valence-electron chi connectivity index (χ1n) is 6.24. The number of rotatable bonds is 5. The molecule has 1 aromatic heterocycles. The Morgan fingerprint density at radius 1 is 1.50 bits per heavy atom. The van der Waals surface area contributed by atoms with Gasteiger partial charge < -0.3 is 10.4 Å². The SMILES string of the molecule is CC(CCO)NC(=O)c1cnc(-c2ccccc2F)s1. The molecule has 1 atom stereocenters. The largest absolute Gasteiger partial charge is 0.396 e. The molecule has 106 valence electrons. The number of aromatic nitrogens is 1. The maximum atomic E-state index is 13.6. The molecule has 0 saturated heterocycles. The summed E-state index contributed by atoms with van der Waals surface area (Å²) in [7, 11) is 0. The minimum absolute atomic E-state index is 0.0185. The molecule has 20 heavy (non-hydrogen) atoms. The number of hydrogen-bond acceptors (Lipinski definition) is 4. The molecular formula is C14H15FN2O2S. The summed E-state index contributed by atoms with van der Waals surface area (Å²) in [6.07, 6.45) is 1.93. The lowest BCUT2D eigenvalue weighted by Gasteiger charge is -2.10. The Bertz CT molecular complexity index is 600. The maximum Gasteiger partial charge on any atom is 0.263 e. The van der Waals surface area contributed by atoms with E-state index < -0.39 is 0 Å². The second-order valence-electron chi connectivity index (χ2n) is 4.40. The molecule has 4 nitrogen and oxygen atoms in total. The van der Waals surface area contributed by atoms with Gasteiger partial charge in [0.2, 0.25) is 0 Å². The second-order valence-corrected chi connectivity index (χ2v) is 5.43. The fourth-order valence-electron chi connectivity index (χ4n) is 1.70. The third kappa shape index (κ3) is 3.40. The molecule has 0 aliphatic carbocycles. The number of aliphatic hydroxyl groups is 1. The second kappa shape index (κ2) is 6.58. The van der Waals surface area contributed by atoms with Crippen LogP contribution in [0.2, 0.25) is 0 Å². The maximum absolute atomic E-state index is 13.6. The normalized spacial score (nSPS) is 12.2. The molecule has 2 rings (SSSR count). The summed E-state index contributed by atoms with van der Waals surface area (Å²) in [6.45, 7) is 1.83. The molecule has 0 spiro atoms. The minimum atomic E-state index is -0.359. The molecule has 2 N–H and O–H groups in total. The summed E-state index contributed by atoms with van der Waals surface area (Å²) < 4.78 is 13.6. The van der Waals surface area contributed by atoms with E-state index in [1.165, 1.54) is 12.3 Å². The number of hydrogen-bond donors (Lipinski definition) is 2. The summed E-state index contributed by atoms with van der Waals surface area (Å²) in [5, 5.41) is 12.0. The highest BCUT2D eigenvalue weighted by atomic mass is 32.1. The summed E-state index contributed by atoms with van der Waals surface area (Å²) in [6, 6.07) is 6.20. The first kappa shape index (κ1) is 14.6. The number of aliphatic hydroxyl groups excluding tert-OH is 1. The van der Waals surface area contributed by atoms with Crippen LogP contribution in [-0.4, -0.2) is 28.6 Å². The first-order valence-corrected chi connectivity index (χ1v) is 7.06. The topological polar surface area (TPSA) is 62.2 Å². The fraction of sp³-hybridized carbons (Fsp3) is 0.286. The van der Waals surface area contributed by atoms with Crippen LogP contribution in [0.1, 0.15) is 23.0 Å². The van der Waals surface area contributed by atoms with Crippen molar-refractivity contribution in [1.82, 2.24) is 10.3 Å². The van der Waals surface area contributed by atoms with Gasteiger partial charge in [-0.05, 0) is 25.5 Å². The van der Waals surface area contributed by atoms with Gasteiger partial charge in [-0.3, -0.25) is 4.79 Å². The lowest BCUT2D eigenvalue weighted by atomic mass is 10.2. The van der Waals surface area contributed by atoms with Crippen molar-refractivity contribution in [3.8, 4) is 10.6 Å². The Labute approximate surface area is 120 Å². The summed E-state index contributed by atoms with van der Waals surface area (Å²) in [5.74, 6) is -0.617. The Kier molecular flexibility index (Phi) is 4.81. The van der Waals surface area contributed by atoms with E-state index in [9.17, 15) is 9.18 Å². The molecule has 0 aliphatic rings. The van der Waals surface area contributed by atoms with Gasteiger partial charge >= 0.3 is 0 Å². The summed E-state index contributed by atoms with van der Waals surface area (Å²) >= 11 is 1.14. The van der Waals surface area contributed by atoms with Crippen LogP contribution in [0, 0.1) is 5.82 Å². The van der Waals surface area contributed by atoms with Crippen LogP contribution in [-0.2, 0) is 0 Å². The standard InChI is InChI=1S/C14H15FN2O2S/c1-9(6-7-18)17-13(19)12-8-16-14(20-12)10-4-2-3-5-11(10)15/h2-5,8-9,18H,6-7H2,1H3,(H,17,19). The molecule has 6 heteroatoms. The zero-order valence-corrected chi connectivity index (χ0v) is 11.8. The molecular weight excluding hydrogens is 279 g/mol. The van der Waals surface area contributed by atoms with Gasteiger partial charge in [-0.1, -0.05) is 12.1 Å². The summed E-state index contributed by atoms with van der Waals surface area (Å²) in [5.41, 5.74) is 0.389. The lowest BCUT2D eigenvalue weighted by Crippen LogP contribution is -2.32. The highest BCUT2D eigenvalue weighted by molar-refractivity contribution is 7.16. The van der Waals surface area contributed by atoms with E-state index in [4.69, 9.17) is 5.11 Å². The molecule has 1 amide bonds. The third-order valence-corrected chi connectivity index (χ3v) is 3.80. The fourth-order valence-corrected chi connectivity index (χ4v) is 2.55. The molecule has 0 radical (unpaired) electrons. The Balaban J connectivity index is 2.13. The number of carbonyl (C=O) groups is 1. The van der Waals surface area contributed by atoms with Gasteiger partial charge in [-0.2, -0.15) is 0 Å². The van der Waals surface area contributed by atoms with Crippen LogP contribution in [0.25, 0.3) is 10.6 Å². The van der Waals surface area contributed by atoms with Crippen molar-refractivity contribution in [1.29, 1.82) is 0 Å². The summed E-state index contributed by atoms with van der Waals surface area (Å²) in [4.78, 5) is 16.5. The zero-order valence-electron chi connectivity index (χ0n) is 11.0. The van der Waals surface area contributed by atoms with Gasteiger partial charge in [0.25, 0.3) is 5.91 Å². The van der Waals surface area contributed by atoms with Crippen LogP contribution in [0.15, 0.2) is 30.5 Å². The number of amides is 1. The van der Waals surface area contributed by atoms with Crippen molar-refractivity contribution in [3.63, 3.8) is 0 Å². The molecule has 1 aromatic carbocycles. The Morgan fingerprint density at radius 2 is 2.25 bits per heavy atom. The van der Waals surface area contributed by atoms with Gasteiger partial charge in [-0.15, -0.1) is 11.3 Å². The quantitative estimate of drug-likeness (QED) is 0.890. The van der Waals surface area contributed by atoms with E-state index in [-0.39, 0.29) is 24.4 Å². The van der Waals surface area contributed by atoms with Crippen LogP contribution in [0.3, 0.4) is 0 Å². The predicted molar refractivity (Wildman–Crippen MR) is 76.1 cm³/mol. The number of thiazole rings is 1. The van der Waals surface area contributed by atoms with Gasteiger partial charge in [0.1, 0.15) is 15.7 Å². The Hall–Kier alpha value is -1.79. The van der Waals surface area contributed by atoms with Gasteiger partial charge in [-0.25, -0.2) is 9.37 Å². The highest BCUT2D eigenvalue weighted by Crippen LogP contribution is 2.27. The van der Waals surface area contributed by atoms with Crippen LogP contribution in [0.5, 0.6) is 0 Å². The van der Waals surface area contributed by atoms with Crippen LogP contribution in [0.4, 0.5) is 4.39 Å². The monoisotopic (exact) mass is 294 g/mol. The van der Waals surface area contributed by atoms with Crippen molar-refractivity contribution >= 4 is 17.2 Å². The van der Waals surface area contributed by atoms with Crippen molar-refractivity contribution < 1.29 is 14.3 Å². The van der Waals surface area contributed by atoms with Gasteiger partial charge in [0.15, 0.2) is 0 Å². The van der Waals surface area contributed by atoms with E-state index in [1.807, 2.05) is 6.92 Å². The molecule has 0 fully saturated rings. The van der Waals surface area contributed by atoms with Crippen LogP contribution >= 0.6 is 11.3 Å². The number of nitrogens with zero attached hydrogens (tertiary/aromatic N) is 1. The highest BCUT2D eigenvalue weighted by Gasteiger charge is 2.15. The molecule has 1 heterocycles. The Morgan fingerprint density at radius 3 is 2.95 bits per heavy atom. The third-order valence-electron chi connectivity index (χ3n) is 2.77. The number of halogens is 1. The van der Waals surface area contributed by atoms with E-state index >= 15 is 0 Å². The minimum Gasteiger partial charge on any atom is -0.396 e. The molecule has 1 unspecified atom stereocenters. The zero-order chi connectivity index (χ0) is 14.5. The molecule has 0 bridgehead atoms.